The maximum atomic E-state index is 12.1. The van der Waals surface area contributed by atoms with Crippen LogP contribution in [0.15, 0.2) is 24.3 Å². The molecule has 1 N–H and O–H groups in total. The molecule has 0 atom stereocenters. The number of nitrogens with one attached hydrogen (secondary N) is 1. The van der Waals surface area contributed by atoms with Crippen molar-refractivity contribution in [1.29, 1.82) is 0 Å². The third-order valence-electron chi connectivity index (χ3n) is 2.09. The Morgan fingerprint density at radius 1 is 1.25 bits per heavy atom. The standard InChI is InChI=1S/C10H11F3N2O/c1-14-7-3-5-8(6-4-7)15(2)9(16)10(11,12)13/h3-6,14H,1-2H3. The van der Waals surface area contributed by atoms with Crippen LogP contribution in [0.1, 0.15) is 0 Å². The molecule has 0 spiro atoms. The van der Waals surface area contributed by atoms with Crippen molar-refractivity contribution < 1.29 is 18.0 Å². The summed E-state index contributed by atoms with van der Waals surface area (Å²) in [5.74, 6) is -1.88. The van der Waals surface area contributed by atoms with Crippen molar-refractivity contribution in [1.82, 2.24) is 0 Å². The molecule has 88 valence electrons. The van der Waals surface area contributed by atoms with Crippen LogP contribution in [0, 0.1) is 0 Å². The summed E-state index contributed by atoms with van der Waals surface area (Å²) in [4.78, 5) is 11.5. The number of halogens is 3. The Hall–Kier alpha value is -1.72. The average Bonchev–Trinajstić information content (AvgIpc) is 2.26. The number of carbonyl (C=O) groups excluding carboxylic acids is 1. The number of rotatable bonds is 2. The lowest BCUT2D eigenvalue weighted by atomic mass is 10.2. The number of amides is 1. The Bertz CT molecular complexity index is 373. The fourth-order valence-electron chi connectivity index (χ4n) is 1.16. The van der Waals surface area contributed by atoms with E-state index < -0.39 is 12.1 Å². The maximum Gasteiger partial charge on any atom is 0.471 e. The van der Waals surface area contributed by atoms with Crippen LogP contribution in [-0.2, 0) is 4.79 Å². The lowest BCUT2D eigenvalue weighted by molar-refractivity contribution is -0.170. The van der Waals surface area contributed by atoms with Gasteiger partial charge in [-0.05, 0) is 24.3 Å². The van der Waals surface area contributed by atoms with E-state index in [-0.39, 0.29) is 5.69 Å². The summed E-state index contributed by atoms with van der Waals surface area (Å²) in [6, 6.07) is 6.07. The summed E-state index contributed by atoms with van der Waals surface area (Å²) in [7, 11) is 2.78. The van der Waals surface area contributed by atoms with E-state index in [0.29, 0.717) is 4.90 Å². The normalized spacial score (nSPS) is 11.1. The average molecular weight is 232 g/mol. The van der Waals surface area contributed by atoms with Crippen LogP contribution in [-0.4, -0.2) is 26.2 Å². The summed E-state index contributed by atoms with van der Waals surface area (Å²) in [5.41, 5.74) is 0.956. The van der Waals surface area contributed by atoms with Gasteiger partial charge in [-0.3, -0.25) is 4.79 Å². The minimum Gasteiger partial charge on any atom is -0.388 e. The van der Waals surface area contributed by atoms with Crippen molar-refractivity contribution >= 4 is 17.3 Å². The number of nitrogens with zero attached hydrogens (tertiary/aromatic N) is 1. The van der Waals surface area contributed by atoms with E-state index in [1.807, 2.05) is 0 Å². The van der Waals surface area contributed by atoms with Gasteiger partial charge in [0.15, 0.2) is 0 Å². The van der Waals surface area contributed by atoms with E-state index >= 15 is 0 Å². The molecule has 0 saturated carbocycles. The first-order valence-electron chi connectivity index (χ1n) is 4.49. The zero-order chi connectivity index (χ0) is 12.3. The number of carbonyl (C=O) groups is 1. The second-order valence-corrected chi connectivity index (χ2v) is 3.16. The van der Waals surface area contributed by atoms with Gasteiger partial charge in [0.25, 0.3) is 0 Å². The first-order valence-corrected chi connectivity index (χ1v) is 4.49. The van der Waals surface area contributed by atoms with Gasteiger partial charge in [-0.25, -0.2) is 0 Å². The molecule has 0 fully saturated rings. The highest BCUT2D eigenvalue weighted by Gasteiger charge is 2.41. The minimum absolute atomic E-state index is 0.196. The van der Waals surface area contributed by atoms with Gasteiger partial charge >= 0.3 is 12.1 Å². The molecule has 0 aliphatic carbocycles. The molecule has 6 heteroatoms. The van der Waals surface area contributed by atoms with Crippen LogP contribution in [0.25, 0.3) is 0 Å². The highest BCUT2D eigenvalue weighted by Crippen LogP contribution is 2.23. The fraction of sp³-hybridized carbons (Fsp3) is 0.300. The van der Waals surface area contributed by atoms with Crippen LogP contribution in [0.5, 0.6) is 0 Å². The number of benzene rings is 1. The molecule has 0 heterocycles. The SMILES string of the molecule is CNc1ccc(N(C)C(=O)C(F)(F)F)cc1. The van der Waals surface area contributed by atoms with E-state index in [1.54, 1.807) is 19.2 Å². The zero-order valence-electron chi connectivity index (χ0n) is 8.80. The quantitative estimate of drug-likeness (QED) is 0.848. The molecule has 3 nitrogen and oxygen atoms in total. The van der Waals surface area contributed by atoms with E-state index in [0.717, 1.165) is 12.7 Å². The van der Waals surface area contributed by atoms with Gasteiger partial charge in [0.2, 0.25) is 0 Å². The van der Waals surface area contributed by atoms with Crippen molar-refractivity contribution in [2.45, 2.75) is 6.18 Å². The number of anilines is 2. The Kier molecular flexibility index (Phi) is 3.41. The Labute approximate surface area is 90.9 Å². The molecule has 0 bridgehead atoms. The van der Waals surface area contributed by atoms with Gasteiger partial charge in [-0.1, -0.05) is 0 Å². The molecule has 0 aromatic heterocycles. The van der Waals surface area contributed by atoms with Crippen molar-refractivity contribution in [3.63, 3.8) is 0 Å². The molecule has 0 unspecified atom stereocenters. The lowest BCUT2D eigenvalue weighted by Crippen LogP contribution is -2.38. The second kappa shape index (κ2) is 4.42. The lowest BCUT2D eigenvalue weighted by Gasteiger charge is -2.18. The number of hydrogen-bond acceptors (Lipinski definition) is 2. The first-order chi connectivity index (χ1) is 7.36. The predicted octanol–water partition coefficient (Wildman–Crippen LogP) is 2.25. The summed E-state index contributed by atoms with van der Waals surface area (Å²) in [6.45, 7) is 0. The van der Waals surface area contributed by atoms with Crippen molar-refractivity contribution in [2.24, 2.45) is 0 Å². The molecule has 0 aliphatic heterocycles. The van der Waals surface area contributed by atoms with Gasteiger partial charge in [0.05, 0.1) is 0 Å². The van der Waals surface area contributed by atoms with Crippen LogP contribution >= 0.6 is 0 Å². The first kappa shape index (κ1) is 12.4. The minimum atomic E-state index is -4.85. The Morgan fingerprint density at radius 3 is 2.12 bits per heavy atom. The summed E-state index contributed by atoms with van der Waals surface area (Å²) in [5, 5.41) is 2.83. The molecule has 0 saturated heterocycles. The van der Waals surface area contributed by atoms with Crippen LogP contribution in [0.3, 0.4) is 0 Å². The highest BCUT2D eigenvalue weighted by atomic mass is 19.4. The Morgan fingerprint density at radius 2 is 1.75 bits per heavy atom. The molecular weight excluding hydrogens is 221 g/mol. The van der Waals surface area contributed by atoms with Crippen molar-refractivity contribution in [3.05, 3.63) is 24.3 Å². The van der Waals surface area contributed by atoms with E-state index in [1.165, 1.54) is 12.1 Å². The van der Waals surface area contributed by atoms with Crippen molar-refractivity contribution in [2.75, 3.05) is 24.3 Å². The van der Waals surface area contributed by atoms with E-state index in [9.17, 15) is 18.0 Å². The van der Waals surface area contributed by atoms with Crippen LogP contribution < -0.4 is 10.2 Å². The van der Waals surface area contributed by atoms with Crippen molar-refractivity contribution in [3.8, 4) is 0 Å². The maximum absolute atomic E-state index is 12.1. The molecule has 1 amide bonds. The van der Waals surface area contributed by atoms with E-state index in [4.69, 9.17) is 0 Å². The Balaban J connectivity index is 2.88. The van der Waals surface area contributed by atoms with Gasteiger partial charge < -0.3 is 10.2 Å². The molecule has 0 aliphatic rings. The van der Waals surface area contributed by atoms with Gasteiger partial charge in [-0.2, -0.15) is 13.2 Å². The molecule has 0 radical (unpaired) electrons. The fourth-order valence-corrected chi connectivity index (χ4v) is 1.16. The monoisotopic (exact) mass is 232 g/mol. The molecular formula is C10H11F3N2O. The van der Waals surface area contributed by atoms with E-state index in [2.05, 4.69) is 5.32 Å². The molecule has 1 aromatic carbocycles. The number of hydrogen-bond donors (Lipinski definition) is 1. The molecule has 16 heavy (non-hydrogen) atoms. The van der Waals surface area contributed by atoms with Crippen LogP contribution in [0.4, 0.5) is 24.5 Å². The van der Waals surface area contributed by atoms with Gasteiger partial charge in [0.1, 0.15) is 0 Å². The second-order valence-electron chi connectivity index (χ2n) is 3.16. The highest BCUT2D eigenvalue weighted by molar-refractivity contribution is 5.96. The summed E-state index contributed by atoms with van der Waals surface area (Å²) < 4.78 is 36.4. The topological polar surface area (TPSA) is 32.3 Å². The summed E-state index contributed by atoms with van der Waals surface area (Å²) >= 11 is 0. The van der Waals surface area contributed by atoms with Gasteiger partial charge in [0, 0.05) is 25.5 Å². The third-order valence-corrected chi connectivity index (χ3v) is 2.09. The summed E-state index contributed by atoms with van der Waals surface area (Å²) in [6.07, 6.45) is -4.85. The third kappa shape index (κ3) is 2.65. The number of alkyl halides is 3. The smallest absolute Gasteiger partial charge is 0.388 e. The predicted molar refractivity (Wildman–Crippen MR) is 55.5 cm³/mol. The van der Waals surface area contributed by atoms with Gasteiger partial charge in [-0.15, -0.1) is 0 Å². The van der Waals surface area contributed by atoms with Crippen LogP contribution in [0.2, 0.25) is 0 Å². The largest absolute Gasteiger partial charge is 0.471 e. The zero-order valence-corrected chi connectivity index (χ0v) is 8.80. The molecule has 1 rings (SSSR count). The molecule has 1 aromatic rings.